The molecule has 0 atom stereocenters. The molecule has 1 aromatic rings. The number of anilines is 1. The number of nitrogens with one attached hydrogen (secondary N) is 1. The molecule has 0 bridgehead atoms. The van der Waals surface area contributed by atoms with E-state index in [1.165, 1.54) is 25.3 Å². The number of nitriles is 1. The molecule has 0 aliphatic heterocycles. The Morgan fingerprint density at radius 2 is 2.15 bits per heavy atom. The van der Waals surface area contributed by atoms with E-state index < -0.39 is 5.97 Å². The van der Waals surface area contributed by atoms with Crippen molar-refractivity contribution in [2.24, 2.45) is 0 Å². The van der Waals surface area contributed by atoms with Gasteiger partial charge in [-0.25, -0.2) is 4.79 Å². The minimum atomic E-state index is -0.536. The van der Waals surface area contributed by atoms with Gasteiger partial charge in [-0.2, -0.15) is 5.26 Å². The lowest BCUT2D eigenvalue weighted by Gasteiger charge is -2.07. The molecule has 0 heterocycles. The van der Waals surface area contributed by atoms with Crippen molar-refractivity contribution >= 4 is 17.6 Å². The van der Waals surface area contributed by atoms with Gasteiger partial charge in [-0.15, -0.1) is 0 Å². The van der Waals surface area contributed by atoms with Gasteiger partial charge in [-0.1, -0.05) is 0 Å². The molecule has 106 valence electrons. The van der Waals surface area contributed by atoms with Crippen molar-refractivity contribution in [3.8, 4) is 6.07 Å². The van der Waals surface area contributed by atoms with Crippen LogP contribution in [0.2, 0.25) is 0 Å². The van der Waals surface area contributed by atoms with Crippen LogP contribution in [-0.2, 0) is 4.74 Å². The predicted molar refractivity (Wildman–Crippen MR) is 74.0 cm³/mol. The monoisotopic (exact) mass is 275 g/mol. The number of ether oxygens (including phenoxy) is 1. The molecule has 0 saturated heterocycles. The summed E-state index contributed by atoms with van der Waals surface area (Å²) in [5.74, 6) is -0.795. The second kappa shape index (κ2) is 7.79. The second-order valence-electron chi connectivity index (χ2n) is 4.16. The highest BCUT2D eigenvalue weighted by atomic mass is 16.5. The van der Waals surface area contributed by atoms with Crippen molar-refractivity contribution in [2.45, 2.75) is 19.3 Å². The third-order valence-electron chi connectivity index (χ3n) is 2.72. The highest BCUT2D eigenvalue weighted by molar-refractivity contribution is 5.99. The summed E-state index contributed by atoms with van der Waals surface area (Å²) in [6.07, 6.45) is 1.98. The van der Waals surface area contributed by atoms with Gasteiger partial charge in [0.2, 0.25) is 0 Å². The number of esters is 1. The van der Waals surface area contributed by atoms with E-state index >= 15 is 0 Å². The van der Waals surface area contributed by atoms with Crippen LogP contribution in [0.1, 0.15) is 40.0 Å². The first kappa shape index (κ1) is 15.5. The lowest BCUT2D eigenvalue weighted by molar-refractivity contribution is 0.0601. The van der Waals surface area contributed by atoms with Gasteiger partial charge in [0.25, 0.3) is 5.91 Å². The van der Waals surface area contributed by atoms with Crippen molar-refractivity contribution < 1.29 is 14.3 Å². The number of amides is 1. The third kappa shape index (κ3) is 4.28. The first-order chi connectivity index (χ1) is 9.60. The van der Waals surface area contributed by atoms with Gasteiger partial charge in [0.1, 0.15) is 0 Å². The van der Waals surface area contributed by atoms with Crippen LogP contribution in [0, 0.1) is 11.3 Å². The normalized spacial score (nSPS) is 9.60. The molecular weight excluding hydrogens is 258 g/mol. The number of nitrogen functional groups attached to an aromatic ring is 1. The molecule has 3 N–H and O–H groups in total. The van der Waals surface area contributed by atoms with Crippen LogP contribution >= 0.6 is 0 Å². The number of nitrogens with zero attached hydrogens (tertiary/aromatic N) is 1. The fourth-order valence-corrected chi connectivity index (χ4v) is 1.63. The molecular formula is C14H17N3O3. The van der Waals surface area contributed by atoms with Crippen LogP contribution in [0.5, 0.6) is 0 Å². The average molecular weight is 275 g/mol. The van der Waals surface area contributed by atoms with Crippen molar-refractivity contribution in [2.75, 3.05) is 19.4 Å². The van der Waals surface area contributed by atoms with Crippen LogP contribution in [0.4, 0.5) is 5.69 Å². The zero-order chi connectivity index (χ0) is 15.0. The van der Waals surface area contributed by atoms with E-state index in [1.54, 1.807) is 0 Å². The molecule has 1 aromatic carbocycles. The molecule has 0 aliphatic carbocycles. The maximum Gasteiger partial charge on any atom is 0.339 e. The molecule has 0 saturated carbocycles. The predicted octanol–water partition coefficient (Wildman–Crippen LogP) is 1.48. The SMILES string of the molecule is COC(=O)c1ccc(C(=O)NCCCCC#N)cc1N. The van der Waals surface area contributed by atoms with E-state index in [1.807, 2.05) is 6.07 Å². The van der Waals surface area contributed by atoms with E-state index in [9.17, 15) is 9.59 Å². The zero-order valence-corrected chi connectivity index (χ0v) is 11.3. The first-order valence-corrected chi connectivity index (χ1v) is 6.23. The summed E-state index contributed by atoms with van der Waals surface area (Å²) in [7, 11) is 1.27. The molecule has 1 rings (SSSR count). The summed E-state index contributed by atoms with van der Waals surface area (Å²) in [6, 6.07) is 6.47. The summed E-state index contributed by atoms with van der Waals surface area (Å²) in [4.78, 5) is 23.2. The zero-order valence-electron chi connectivity index (χ0n) is 11.3. The highest BCUT2D eigenvalue weighted by Crippen LogP contribution is 2.15. The van der Waals surface area contributed by atoms with Crippen molar-refractivity contribution in [1.29, 1.82) is 5.26 Å². The molecule has 20 heavy (non-hydrogen) atoms. The van der Waals surface area contributed by atoms with E-state index in [0.717, 1.165) is 12.8 Å². The Labute approximate surface area is 117 Å². The Morgan fingerprint density at radius 3 is 2.75 bits per heavy atom. The van der Waals surface area contributed by atoms with Gasteiger partial charge >= 0.3 is 5.97 Å². The van der Waals surface area contributed by atoms with Crippen LogP contribution in [-0.4, -0.2) is 25.5 Å². The maximum absolute atomic E-state index is 11.8. The molecule has 6 heteroatoms. The fraction of sp³-hybridized carbons (Fsp3) is 0.357. The quantitative estimate of drug-likeness (QED) is 0.464. The Kier molecular flexibility index (Phi) is 6.04. The summed E-state index contributed by atoms with van der Waals surface area (Å²) < 4.78 is 4.57. The number of carbonyl (C=O) groups excluding carboxylic acids is 2. The van der Waals surface area contributed by atoms with Gasteiger partial charge in [-0.05, 0) is 31.0 Å². The number of methoxy groups -OCH3 is 1. The second-order valence-corrected chi connectivity index (χ2v) is 4.16. The first-order valence-electron chi connectivity index (χ1n) is 6.23. The van der Waals surface area contributed by atoms with Crippen LogP contribution < -0.4 is 11.1 Å². The molecule has 6 nitrogen and oxygen atoms in total. The number of unbranched alkanes of at least 4 members (excludes halogenated alkanes) is 2. The number of rotatable bonds is 6. The maximum atomic E-state index is 11.8. The summed E-state index contributed by atoms with van der Waals surface area (Å²) in [6.45, 7) is 0.499. The van der Waals surface area contributed by atoms with E-state index in [-0.39, 0.29) is 17.2 Å². The standard InChI is InChI=1S/C14H17N3O3/c1-20-14(19)11-6-5-10(9-12(11)16)13(18)17-8-4-2-3-7-15/h5-6,9H,2-4,8,16H2,1H3,(H,17,18). The summed E-state index contributed by atoms with van der Waals surface area (Å²) >= 11 is 0. The summed E-state index contributed by atoms with van der Waals surface area (Å²) in [5, 5.41) is 11.1. The molecule has 0 aromatic heterocycles. The molecule has 0 fully saturated rings. The molecule has 0 radical (unpaired) electrons. The van der Waals surface area contributed by atoms with Gasteiger partial charge in [0.15, 0.2) is 0 Å². The Hall–Kier alpha value is -2.55. The van der Waals surface area contributed by atoms with E-state index in [2.05, 4.69) is 10.1 Å². The van der Waals surface area contributed by atoms with Crippen molar-refractivity contribution in [1.82, 2.24) is 5.32 Å². The van der Waals surface area contributed by atoms with Crippen molar-refractivity contribution in [3.63, 3.8) is 0 Å². The van der Waals surface area contributed by atoms with E-state index in [0.29, 0.717) is 18.5 Å². The minimum Gasteiger partial charge on any atom is -0.465 e. The molecule has 0 unspecified atom stereocenters. The van der Waals surface area contributed by atoms with Crippen LogP contribution in [0.25, 0.3) is 0 Å². The molecule has 0 aliphatic rings. The molecule has 1 amide bonds. The van der Waals surface area contributed by atoms with Crippen LogP contribution in [0.15, 0.2) is 18.2 Å². The summed E-state index contributed by atoms with van der Waals surface area (Å²) in [5.41, 5.74) is 6.53. The van der Waals surface area contributed by atoms with Gasteiger partial charge < -0.3 is 15.8 Å². The lowest BCUT2D eigenvalue weighted by Crippen LogP contribution is -2.24. The highest BCUT2D eigenvalue weighted by Gasteiger charge is 2.12. The van der Waals surface area contributed by atoms with Gasteiger partial charge in [0.05, 0.1) is 18.7 Å². The Morgan fingerprint density at radius 1 is 1.40 bits per heavy atom. The number of benzene rings is 1. The van der Waals surface area contributed by atoms with Gasteiger partial charge in [0, 0.05) is 24.2 Å². The van der Waals surface area contributed by atoms with Crippen LogP contribution in [0.3, 0.4) is 0 Å². The smallest absolute Gasteiger partial charge is 0.339 e. The number of carbonyl (C=O) groups is 2. The van der Waals surface area contributed by atoms with Crippen molar-refractivity contribution in [3.05, 3.63) is 29.3 Å². The number of hydrogen-bond donors (Lipinski definition) is 2. The molecule has 0 spiro atoms. The average Bonchev–Trinajstić information content (AvgIpc) is 2.46. The van der Waals surface area contributed by atoms with Gasteiger partial charge in [-0.3, -0.25) is 4.79 Å². The number of hydrogen-bond acceptors (Lipinski definition) is 5. The lowest BCUT2D eigenvalue weighted by atomic mass is 10.1. The fourth-order valence-electron chi connectivity index (χ4n) is 1.63. The third-order valence-corrected chi connectivity index (χ3v) is 2.72. The van der Waals surface area contributed by atoms with E-state index in [4.69, 9.17) is 11.0 Å². The number of nitrogens with two attached hydrogens (primary N) is 1. The topological polar surface area (TPSA) is 105 Å². The Bertz CT molecular complexity index is 535. The minimum absolute atomic E-state index is 0.203. The Balaban J connectivity index is 2.59. The largest absolute Gasteiger partial charge is 0.465 e.